The van der Waals surface area contributed by atoms with Crippen molar-refractivity contribution >= 4 is 0 Å². The van der Waals surface area contributed by atoms with Crippen molar-refractivity contribution in [2.45, 2.75) is 38.6 Å². The minimum Gasteiger partial charge on any atom is -0.312 e. The van der Waals surface area contributed by atoms with Crippen molar-refractivity contribution in [1.29, 1.82) is 5.26 Å². The van der Waals surface area contributed by atoms with Crippen molar-refractivity contribution in [2.24, 2.45) is 5.92 Å². The fourth-order valence-corrected chi connectivity index (χ4v) is 2.60. The molecule has 0 bridgehead atoms. The molecule has 2 nitrogen and oxygen atoms in total. The molecule has 0 spiro atoms. The van der Waals surface area contributed by atoms with Crippen LogP contribution in [-0.4, -0.2) is 6.54 Å². The smallest absolute Gasteiger partial charge is 0.145 e. The molecule has 3 heteroatoms. The zero-order chi connectivity index (χ0) is 12.8. The van der Waals surface area contributed by atoms with E-state index in [-0.39, 0.29) is 11.4 Å². The summed E-state index contributed by atoms with van der Waals surface area (Å²) >= 11 is 0. The highest BCUT2D eigenvalue weighted by molar-refractivity contribution is 5.34. The number of nitrogens with zero attached hydrogens (tertiary/aromatic N) is 1. The van der Waals surface area contributed by atoms with Gasteiger partial charge in [-0.1, -0.05) is 31.4 Å². The largest absolute Gasteiger partial charge is 0.312 e. The summed E-state index contributed by atoms with van der Waals surface area (Å²) < 4.78 is 13.8. The van der Waals surface area contributed by atoms with Gasteiger partial charge < -0.3 is 5.32 Å². The van der Waals surface area contributed by atoms with Gasteiger partial charge in [0.05, 0.1) is 5.56 Å². The molecule has 0 aromatic heterocycles. The normalized spacial score (nSPS) is 16.4. The monoisotopic (exact) mass is 246 g/mol. The van der Waals surface area contributed by atoms with Gasteiger partial charge in [0.1, 0.15) is 11.9 Å². The number of rotatable bonds is 4. The zero-order valence-electron chi connectivity index (χ0n) is 10.6. The molecular weight excluding hydrogens is 227 g/mol. The highest BCUT2D eigenvalue weighted by Gasteiger charge is 2.13. The van der Waals surface area contributed by atoms with Crippen LogP contribution in [0.15, 0.2) is 18.2 Å². The van der Waals surface area contributed by atoms with Crippen LogP contribution in [0, 0.1) is 23.1 Å². The van der Waals surface area contributed by atoms with E-state index in [1.807, 2.05) is 6.07 Å². The van der Waals surface area contributed by atoms with Crippen molar-refractivity contribution in [3.05, 3.63) is 35.1 Å². The third-order valence-electron chi connectivity index (χ3n) is 3.67. The molecule has 1 aliphatic rings. The Balaban J connectivity index is 1.84. The number of hydrogen-bond acceptors (Lipinski definition) is 2. The topological polar surface area (TPSA) is 35.8 Å². The summed E-state index contributed by atoms with van der Waals surface area (Å²) in [5.41, 5.74) is 0.719. The Labute approximate surface area is 108 Å². The lowest BCUT2D eigenvalue weighted by atomic mass is 9.89. The molecule has 2 rings (SSSR count). The summed E-state index contributed by atoms with van der Waals surface area (Å²) in [6.45, 7) is 1.47. The van der Waals surface area contributed by atoms with Gasteiger partial charge in [0.15, 0.2) is 0 Å². The second kappa shape index (κ2) is 6.51. The van der Waals surface area contributed by atoms with Gasteiger partial charge in [-0.15, -0.1) is 0 Å². The summed E-state index contributed by atoms with van der Waals surface area (Å²) in [5.74, 6) is 0.358. The van der Waals surface area contributed by atoms with Crippen molar-refractivity contribution in [2.75, 3.05) is 6.54 Å². The second-order valence-corrected chi connectivity index (χ2v) is 5.03. The van der Waals surface area contributed by atoms with E-state index in [9.17, 15) is 4.39 Å². The van der Waals surface area contributed by atoms with E-state index in [2.05, 4.69) is 5.32 Å². The van der Waals surface area contributed by atoms with Gasteiger partial charge in [0, 0.05) is 12.1 Å². The number of nitrogens with one attached hydrogen (secondary N) is 1. The van der Waals surface area contributed by atoms with Crippen LogP contribution < -0.4 is 5.32 Å². The zero-order valence-corrected chi connectivity index (χ0v) is 10.6. The Morgan fingerprint density at radius 1 is 1.28 bits per heavy atom. The van der Waals surface area contributed by atoms with Gasteiger partial charge in [-0.05, 0) is 31.4 Å². The van der Waals surface area contributed by atoms with Crippen LogP contribution in [0.2, 0.25) is 0 Å². The minimum absolute atomic E-state index is 0.131. The van der Waals surface area contributed by atoms with Crippen LogP contribution in [0.1, 0.15) is 43.2 Å². The Hall–Kier alpha value is -1.40. The number of benzene rings is 1. The molecule has 0 atom stereocenters. The first-order chi connectivity index (χ1) is 8.81. The number of halogens is 1. The van der Waals surface area contributed by atoms with Gasteiger partial charge in [0.25, 0.3) is 0 Å². The highest BCUT2D eigenvalue weighted by Crippen LogP contribution is 2.23. The fraction of sp³-hybridized carbons (Fsp3) is 0.533. The van der Waals surface area contributed by atoms with Crippen LogP contribution in [-0.2, 0) is 6.54 Å². The number of nitriles is 1. The maximum absolute atomic E-state index is 13.8. The quantitative estimate of drug-likeness (QED) is 0.884. The van der Waals surface area contributed by atoms with E-state index in [0.717, 1.165) is 12.5 Å². The first-order valence-corrected chi connectivity index (χ1v) is 6.69. The maximum Gasteiger partial charge on any atom is 0.145 e. The minimum atomic E-state index is -0.379. The molecule has 1 fully saturated rings. The molecular formula is C15H19FN2. The van der Waals surface area contributed by atoms with Gasteiger partial charge in [-0.3, -0.25) is 0 Å². The molecule has 0 aliphatic heterocycles. The summed E-state index contributed by atoms with van der Waals surface area (Å²) in [4.78, 5) is 0. The first-order valence-electron chi connectivity index (χ1n) is 6.69. The molecule has 0 saturated heterocycles. The number of hydrogen-bond donors (Lipinski definition) is 1. The summed E-state index contributed by atoms with van der Waals surface area (Å²) in [7, 11) is 0. The van der Waals surface area contributed by atoms with Crippen LogP contribution in [0.3, 0.4) is 0 Å². The van der Waals surface area contributed by atoms with Gasteiger partial charge in [-0.25, -0.2) is 4.39 Å². The Kier molecular flexibility index (Phi) is 4.72. The highest BCUT2D eigenvalue weighted by atomic mass is 19.1. The van der Waals surface area contributed by atoms with Crippen molar-refractivity contribution < 1.29 is 4.39 Å². The first kappa shape index (κ1) is 13.0. The molecule has 0 unspecified atom stereocenters. The molecule has 1 aromatic carbocycles. The average Bonchev–Trinajstić information content (AvgIpc) is 2.42. The molecule has 1 aromatic rings. The van der Waals surface area contributed by atoms with E-state index in [4.69, 9.17) is 5.26 Å². The van der Waals surface area contributed by atoms with Crippen LogP contribution in [0.25, 0.3) is 0 Å². The van der Waals surface area contributed by atoms with Crippen molar-refractivity contribution in [1.82, 2.24) is 5.32 Å². The van der Waals surface area contributed by atoms with Gasteiger partial charge in [-0.2, -0.15) is 5.26 Å². The van der Waals surface area contributed by atoms with E-state index in [1.54, 1.807) is 12.1 Å². The van der Waals surface area contributed by atoms with E-state index >= 15 is 0 Å². The molecule has 0 heterocycles. The maximum atomic E-state index is 13.8. The van der Waals surface area contributed by atoms with E-state index < -0.39 is 0 Å². The fourth-order valence-electron chi connectivity index (χ4n) is 2.60. The van der Waals surface area contributed by atoms with Gasteiger partial charge in [0.2, 0.25) is 0 Å². The van der Waals surface area contributed by atoms with E-state index in [1.165, 1.54) is 38.2 Å². The molecule has 18 heavy (non-hydrogen) atoms. The summed E-state index contributed by atoms with van der Waals surface area (Å²) in [6, 6.07) is 6.86. The van der Waals surface area contributed by atoms with E-state index in [0.29, 0.717) is 12.1 Å². The molecule has 0 radical (unpaired) electrons. The lowest BCUT2D eigenvalue weighted by Crippen LogP contribution is -2.24. The predicted octanol–water partition coefficient (Wildman–Crippen LogP) is 3.37. The Bertz CT molecular complexity index is 431. The molecule has 1 saturated carbocycles. The van der Waals surface area contributed by atoms with Crippen LogP contribution in [0.5, 0.6) is 0 Å². The lowest BCUT2D eigenvalue weighted by molar-refractivity contribution is 0.341. The summed E-state index contributed by atoms with van der Waals surface area (Å²) in [5, 5.41) is 12.1. The third-order valence-corrected chi connectivity index (χ3v) is 3.67. The summed E-state index contributed by atoms with van der Waals surface area (Å²) in [6.07, 6.45) is 6.58. The standard InChI is InChI=1S/C15H19FN2/c16-15-13(9-17)7-4-8-14(15)11-18-10-12-5-2-1-3-6-12/h4,7-8,12,18H,1-3,5-6,10-11H2. The molecule has 1 N–H and O–H groups in total. The third kappa shape index (κ3) is 3.30. The van der Waals surface area contributed by atoms with Crippen molar-refractivity contribution in [3.8, 4) is 6.07 Å². The SMILES string of the molecule is N#Cc1cccc(CNCC2CCCCC2)c1F. The van der Waals surface area contributed by atoms with Gasteiger partial charge >= 0.3 is 0 Å². The Morgan fingerprint density at radius 2 is 2.06 bits per heavy atom. The molecule has 96 valence electrons. The van der Waals surface area contributed by atoms with Crippen molar-refractivity contribution in [3.63, 3.8) is 0 Å². The molecule has 1 aliphatic carbocycles. The molecule has 0 amide bonds. The van der Waals surface area contributed by atoms with Crippen LogP contribution in [0.4, 0.5) is 4.39 Å². The Morgan fingerprint density at radius 3 is 2.78 bits per heavy atom. The predicted molar refractivity (Wildman–Crippen MR) is 69.4 cm³/mol. The second-order valence-electron chi connectivity index (χ2n) is 5.03. The van der Waals surface area contributed by atoms with Crippen LogP contribution >= 0.6 is 0 Å². The average molecular weight is 246 g/mol. The lowest BCUT2D eigenvalue weighted by Gasteiger charge is -2.21.